The Morgan fingerprint density at radius 1 is 1.19 bits per heavy atom. The van der Waals surface area contributed by atoms with Gasteiger partial charge in [-0.05, 0) is 37.5 Å². The molecule has 1 spiro atoms. The highest BCUT2D eigenvalue weighted by Gasteiger charge is 2.51. The number of nitrogens with one attached hydrogen (secondary N) is 1. The maximum atomic E-state index is 12.6. The lowest BCUT2D eigenvalue weighted by molar-refractivity contribution is -0.148. The topological polar surface area (TPSA) is 115 Å². The van der Waals surface area contributed by atoms with Crippen molar-refractivity contribution in [1.29, 1.82) is 0 Å². The molecule has 2 aromatic rings. The lowest BCUT2D eigenvalue weighted by Gasteiger charge is -2.39. The van der Waals surface area contributed by atoms with Gasteiger partial charge in [-0.3, -0.25) is 4.79 Å². The molecule has 142 valence electrons. The Balaban J connectivity index is 1.34. The molecule has 1 saturated carbocycles. The van der Waals surface area contributed by atoms with Gasteiger partial charge in [-0.15, -0.1) is 0 Å². The average Bonchev–Trinajstić information content (AvgIpc) is 3.29. The number of imidazole rings is 1. The Bertz CT molecular complexity index is 899. The number of piperidine rings is 1. The van der Waals surface area contributed by atoms with Crippen molar-refractivity contribution in [3.63, 3.8) is 0 Å². The van der Waals surface area contributed by atoms with Crippen molar-refractivity contribution < 1.29 is 14.7 Å². The van der Waals surface area contributed by atoms with E-state index < -0.39 is 12.0 Å². The molecule has 5 rings (SSSR count). The molecular formula is C18H22N6O3. The molecule has 0 aromatic carbocycles. The number of aromatic amines is 1. The van der Waals surface area contributed by atoms with Crippen LogP contribution >= 0.6 is 0 Å². The van der Waals surface area contributed by atoms with Gasteiger partial charge in [-0.1, -0.05) is 0 Å². The van der Waals surface area contributed by atoms with Crippen molar-refractivity contribution in [2.45, 2.75) is 38.1 Å². The summed E-state index contributed by atoms with van der Waals surface area (Å²) in [6.45, 7) is 2.13. The third-order valence-corrected chi connectivity index (χ3v) is 6.33. The Morgan fingerprint density at radius 3 is 2.67 bits per heavy atom. The number of hydrogen-bond acceptors (Lipinski definition) is 6. The zero-order valence-corrected chi connectivity index (χ0v) is 15.0. The second-order valence-electron chi connectivity index (χ2n) is 8.08. The van der Waals surface area contributed by atoms with Gasteiger partial charge in [-0.25, -0.2) is 19.7 Å². The van der Waals surface area contributed by atoms with Crippen LogP contribution in [0.2, 0.25) is 0 Å². The zero-order valence-electron chi connectivity index (χ0n) is 15.0. The molecule has 1 aliphatic carbocycles. The van der Waals surface area contributed by atoms with E-state index in [2.05, 4.69) is 24.8 Å². The van der Waals surface area contributed by atoms with Gasteiger partial charge < -0.3 is 19.9 Å². The molecule has 2 aliphatic heterocycles. The van der Waals surface area contributed by atoms with Crippen molar-refractivity contribution in [2.24, 2.45) is 11.3 Å². The monoisotopic (exact) mass is 370 g/mol. The third kappa shape index (κ3) is 2.72. The molecule has 0 bridgehead atoms. The molecule has 4 heterocycles. The van der Waals surface area contributed by atoms with Crippen LogP contribution in [0.25, 0.3) is 11.2 Å². The summed E-state index contributed by atoms with van der Waals surface area (Å²) >= 11 is 0. The van der Waals surface area contributed by atoms with Crippen LogP contribution in [0.1, 0.15) is 32.1 Å². The molecule has 1 amide bonds. The van der Waals surface area contributed by atoms with E-state index in [1.807, 2.05) is 0 Å². The zero-order chi connectivity index (χ0) is 18.6. The molecule has 0 unspecified atom stereocenters. The fourth-order valence-corrected chi connectivity index (χ4v) is 4.62. The van der Waals surface area contributed by atoms with Crippen molar-refractivity contribution >= 4 is 28.9 Å². The lowest BCUT2D eigenvalue weighted by atomic mass is 9.76. The largest absolute Gasteiger partial charge is 0.480 e. The van der Waals surface area contributed by atoms with Crippen molar-refractivity contribution in [3.05, 3.63) is 12.7 Å². The Kier molecular flexibility index (Phi) is 3.60. The number of carboxylic acids is 1. The van der Waals surface area contributed by atoms with Crippen LogP contribution < -0.4 is 4.90 Å². The predicted molar refractivity (Wildman–Crippen MR) is 96.0 cm³/mol. The first-order valence-corrected chi connectivity index (χ1v) is 9.49. The number of hydrogen-bond donors (Lipinski definition) is 2. The summed E-state index contributed by atoms with van der Waals surface area (Å²) in [6.07, 6.45) is 7.19. The van der Waals surface area contributed by atoms with E-state index in [0.29, 0.717) is 18.6 Å². The van der Waals surface area contributed by atoms with Crippen LogP contribution in [0.5, 0.6) is 0 Å². The number of carbonyl (C=O) groups excluding carboxylic acids is 1. The normalized spacial score (nSPS) is 24.7. The van der Waals surface area contributed by atoms with E-state index in [1.165, 1.54) is 6.33 Å². The molecule has 1 atom stereocenters. The van der Waals surface area contributed by atoms with Crippen molar-refractivity contribution in [3.8, 4) is 0 Å². The number of amides is 1. The number of H-pyrrole nitrogens is 1. The van der Waals surface area contributed by atoms with Gasteiger partial charge in [0, 0.05) is 25.6 Å². The Labute approximate surface area is 155 Å². The van der Waals surface area contributed by atoms with Crippen molar-refractivity contribution in [2.75, 3.05) is 24.5 Å². The van der Waals surface area contributed by atoms with Crippen LogP contribution in [0, 0.1) is 11.3 Å². The summed E-state index contributed by atoms with van der Waals surface area (Å²) in [5.41, 5.74) is 1.37. The predicted octanol–water partition coefficient (Wildman–Crippen LogP) is 1.03. The van der Waals surface area contributed by atoms with Gasteiger partial charge in [0.1, 0.15) is 17.9 Å². The number of carboxylic acid groups (broad SMARTS) is 1. The second kappa shape index (κ2) is 5.90. The molecule has 27 heavy (non-hydrogen) atoms. The number of rotatable bonds is 3. The van der Waals surface area contributed by atoms with Crippen LogP contribution in [-0.4, -0.2) is 67.5 Å². The minimum Gasteiger partial charge on any atom is -0.480 e. The molecule has 2 N–H and O–H groups in total. The summed E-state index contributed by atoms with van der Waals surface area (Å²) in [6, 6.07) is -0.678. The molecule has 0 radical (unpaired) electrons. The van der Waals surface area contributed by atoms with Gasteiger partial charge >= 0.3 is 5.97 Å². The van der Waals surface area contributed by atoms with Crippen LogP contribution in [0.3, 0.4) is 0 Å². The maximum absolute atomic E-state index is 12.6. The smallest absolute Gasteiger partial charge is 0.326 e. The number of fused-ring (bicyclic) bond motifs is 1. The summed E-state index contributed by atoms with van der Waals surface area (Å²) in [4.78, 5) is 44.0. The molecule has 2 aromatic heterocycles. The lowest BCUT2D eigenvalue weighted by Crippen LogP contribution is -2.43. The van der Waals surface area contributed by atoms with E-state index in [0.717, 1.165) is 50.1 Å². The molecule has 3 aliphatic rings. The van der Waals surface area contributed by atoms with Gasteiger partial charge in [0.25, 0.3) is 0 Å². The number of aliphatic carboxylic acids is 1. The fraction of sp³-hybridized carbons (Fsp3) is 0.611. The van der Waals surface area contributed by atoms with Gasteiger partial charge in [-0.2, -0.15) is 0 Å². The highest BCUT2D eigenvalue weighted by molar-refractivity contribution is 5.87. The van der Waals surface area contributed by atoms with Crippen LogP contribution in [-0.2, 0) is 9.59 Å². The van der Waals surface area contributed by atoms with Crippen LogP contribution in [0.4, 0.5) is 5.82 Å². The van der Waals surface area contributed by atoms with Gasteiger partial charge in [0.05, 0.1) is 6.33 Å². The highest BCUT2D eigenvalue weighted by Crippen LogP contribution is 2.46. The molecule has 3 fully saturated rings. The third-order valence-electron chi connectivity index (χ3n) is 6.33. The summed E-state index contributed by atoms with van der Waals surface area (Å²) < 4.78 is 0. The van der Waals surface area contributed by atoms with Gasteiger partial charge in [0.15, 0.2) is 11.5 Å². The summed E-state index contributed by atoms with van der Waals surface area (Å²) in [7, 11) is 0. The Morgan fingerprint density at radius 2 is 1.96 bits per heavy atom. The quantitative estimate of drug-likeness (QED) is 0.829. The number of nitrogens with zero attached hydrogens (tertiary/aromatic N) is 5. The summed E-state index contributed by atoms with van der Waals surface area (Å²) in [5, 5.41) is 9.64. The molecule has 9 heteroatoms. The number of anilines is 1. The SMILES string of the molecule is O=C(O)[C@H]1CC2(CCN(c3ncnc4nc[nH]c34)CC2)CN1C(=O)C1CC1. The first kappa shape index (κ1) is 16.5. The van der Waals surface area contributed by atoms with Crippen molar-refractivity contribution in [1.82, 2.24) is 24.8 Å². The molecule has 2 saturated heterocycles. The van der Waals surface area contributed by atoms with Gasteiger partial charge in [0.2, 0.25) is 5.91 Å². The first-order chi connectivity index (χ1) is 13.1. The van der Waals surface area contributed by atoms with E-state index in [4.69, 9.17) is 0 Å². The average molecular weight is 370 g/mol. The van der Waals surface area contributed by atoms with E-state index in [9.17, 15) is 14.7 Å². The number of aromatic nitrogens is 4. The van der Waals surface area contributed by atoms with E-state index in [1.54, 1.807) is 11.2 Å². The minimum atomic E-state index is -0.877. The second-order valence-corrected chi connectivity index (χ2v) is 8.08. The fourth-order valence-electron chi connectivity index (χ4n) is 4.62. The number of carbonyl (C=O) groups is 2. The van der Waals surface area contributed by atoms with Crippen LogP contribution in [0.15, 0.2) is 12.7 Å². The standard InChI is InChI=1S/C18H22N6O3/c25-16(11-1-2-11)24-8-18(7-12(24)17(26)27)3-5-23(6-4-18)15-13-14(20-9-19-13)21-10-22-15/h9-12H,1-8H2,(H,26,27)(H,19,20,21,22)/t12-/m1/s1. The highest BCUT2D eigenvalue weighted by atomic mass is 16.4. The van der Waals surface area contributed by atoms with E-state index >= 15 is 0 Å². The van der Waals surface area contributed by atoms with E-state index in [-0.39, 0.29) is 17.2 Å². The minimum absolute atomic E-state index is 0.0386. The first-order valence-electron chi connectivity index (χ1n) is 9.49. The Hall–Kier alpha value is -2.71. The maximum Gasteiger partial charge on any atom is 0.326 e. The molecule has 9 nitrogen and oxygen atoms in total. The number of likely N-dealkylation sites (tertiary alicyclic amines) is 1. The summed E-state index contributed by atoms with van der Waals surface area (Å²) in [5.74, 6) is 0.0535. The molecular weight excluding hydrogens is 348 g/mol.